The number of carboxylic acids is 1. The van der Waals surface area contributed by atoms with Gasteiger partial charge in [0.2, 0.25) is 0 Å². The molecular formula is C10H10N2O2S3. The number of hydrogen-bond acceptors (Lipinski definition) is 6. The van der Waals surface area contributed by atoms with Crippen LogP contribution < -0.4 is 5.73 Å². The molecule has 0 saturated carbocycles. The number of aromatic nitrogens is 1. The van der Waals surface area contributed by atoms with Gasteiger partial charge < -0.3 is 10.8 Å². The average Bonchev–Trinajstić information content (AvgIpc) is 2.82. The zero-order valence-electron chi connectivity index (χ0n) is 8.97. The van der Waals surface area contributed by atoms with Crippen LogP contribution in [-0.2, 0) is 5.75 Å². The van der Waals surface area contributed by atoms with E-state index in [9.17, 15) is 4.79 Å². The van der Waals surface area contributed by atoms with Crippen molar-refractivity contribution in [1.29, 1.82) is 0 Å². The lowest BCUT2D eigenvalue weighted by molar-refractivity contribution is 0.0702. The van der Waals surface area contributed by atoms with Crippen LogP contribution in [-0.4, -0.2) is 16.1 Å². The minimum absolute atomic E-state index is 0.376. The first-order valence-electron chi connectivity index (χ1n) is 4.74. The molecule has 2 aromatic heterocycles. The summed E-state index contributed by atoms with van der Waals surface area (Å²) in [7, 11) is 0. The number of aryl methyl sites for hydroxylation is 1. The maximum atomic E-state index is 10.7. The summed E-state index contributed by atoms with van der Waals surface area (Å²) in [5.41, 5.74) is 6.55. The Balaban J connectivity index is 2.02. The zero-order valence-corrected chi connectivity index (χ0v) is 11.4. The van der Waals surface area contributed by atoms with Crippen LogP contribution in [0.1, 0.15) is 20.2 Å². The lowest BCUT2D eigenvalue weighted by Crippen LogP contribution is -1.89. The van der Waals surface area contributed by atoms with Gasteiger partial charge in [-0.2, -0.15) is 0 Å². The molecule has 90 valence electrons. The maximum absolute atomic E-state index is 10.7. The zero-order chi connectivity index (χ0) is 12.4. The first-order valence-corrected chi connectivity index (χ1v) is 7.36. The third-order valence-electron chi connectivity index (χ3n) is 1.99. The molecule has 2 rings (SSSR count). The highest BCUT2D eigenvalue weighted by Gasteiger charge is 2.09. The molecular weight excluding hydrogens is 276 g/mol. The molecule has 0 aliphatic carbocycles. The Morgan fingerprint density at radius 2 is 2.29 bits per heavy atom. The molecule has 2 aromatic rings. The fourth-order valence-corrected chi connectivity index (χ4v) is 4.16. The summed E-state index contributed by atoms with van der Waals surface area (Å²) in [4.78, 5) is 16.3. The highest BCUT2D eigenvalue weighted by molar-refractivity contribution is 8.00. The van der Waals surface area contributed by atoms with E-state index in [0.717, 1.165) is 20.5 Å². The van der Waals surface area contributed by atoms with Gasteiger partial charge in [-0.1, -0.05) is 11.3 Å². The second-order valence-corrected chi connectivity index (χ2v) is 6.73. The number of nitrogens with two attached hydrogens (primary N) is 1. The van der Waals surface area contributed by atoms with Crippen LogP contribution >= 0.6 is 34.4 Å². The summed E-state index contributed by atoms with van der Waals surface area (Å²) in [6.45, 7) is 1.92. The predicted octanol–water partition coefficient (Wildman–Crippen LogP) is 3.09. The summed E-state index contributed by atoms with van der Waals surface area (Å²) < 4.78 is 1.09. The van der Waals surface area contributed by atoms with Crippen LogP contribution in [0.15, 0.2) is 16.3 Å². The monoisotopic (exact) mass is 286 g/mol. The van der Waals surface area contributed by atoms with Crippen LogP contribution in [0, 0.1) is 6.92 Å². The van der Waals surface area contributed by atoms with Gasteiger partial charge in [-0.15, -0.1) is 23.1 Å². The number of aromatic carboxylic acids is 1. The first-order chi connectivity index (χ1) is 8.06. The second-order valence-electron chi connectivity index (χ2n) is 3.28. The first kappa shape index (κ1) is 12.4. The van der Waals surface area contributed by atoms with E-state index in [-0.39, 0.29) is 0 Å². The largest absolute Gasteiger partial charge is 0.477 e. The van der Waals surface area contributed by atoms with Crippen LogP contribution in [0.3, 0.4) is 0 Å². The van der Waals surface area contributed by atoms with Crippen molar-refractivity contribution in [3.05, 3.63) is 27.6 Å². The molecule has 4 nitrogen and oxygen atoms in total. The molecule has 0 fully saturated rings. The number of thioether (sulfide) groups is 1. The second kappa shape index (κ2) is 5.07. The fourth-order valence-electron chi connectivity index (χ4n) is 1.24. The van der Waals surface area contributed by atoms with E-state index < -0.39 is 5.97 Å². The molecule has 0 amide bonds. The summed E-state index contributed by atoms with van der Waals surface area (Å²) in [5.74, 6) is -0.120. The van der Waals surface area contributed by atoms with E-state index >= 15 is 0 Å². The molecule has 0 saturated heterocycles. The van der Waals surface area contributed by atoms with Gasteiger partial charge in [0.05, 0.1) is 9.90 Å². The van der Waals surface area contributed by atoms with E-state index in [4.69, 9.17) is 10.8 Å². The number of nitrogen functional groups attached to an aromatic ring is 1. The Kier molecular flexibility index (Phi) is 3.70. The van der Waals surface area contributed by atoms with Crippen LogP contribution in [0.2, 0.25) is 0 Å². The summed E-state index contributed by atoms with van der Waals surface area (Å²) in [5, 5.41) is 9.38. The van der Waals surface area contributed by atoms with E-state index in [1.165, 1.54) is 22.7 Å². The normalized spacial score (nSPS) is 10.6. The van der Waals surface area contributed by atoms with Crippen molar-refractivity contribution < 1.29 is 9.90 Å². The number of hydrogen-bond donors (Lipinski definition) is 2. The number of thiazole rings is 1. The fraction of sp³-hybridized carbons (Fsp3) is 0.200. The summed E-state index contributed by atoms with van der Waals surface area (Å²) in [6.07, 6.45) is 0. The number of thiophene rings is 1. The molecule has 0 aliphatic heterocycles. The standard InChI is InChI=1S/C10H10N2O2S3/c1-5-9(17-10(11)12-5)15-4-6-2-3-7(16-6)8(13)14/h2-3H,4H2,1H3,(H2,11,12)(H,13,14). The van der Waals surface area contributed by atoms with Gasteiger partial charge in [0.15, 0.2) is 5.13 Å². The third-order valence-corrected chi connectivity index (χ3v) is 5.64. The van der Waals surface area contributed by atoms with Crippen molar-refractivity contribution in [2.24, 2.45) is 0 Å². The van der Waals surface area contributed by atoms with Gasteiger partial charge in [-0.25, -0.2) is 9.78 Å². The van der Waals surface area contributed by atoms with Crippen molar-refractivity contribution >= 4 is 45.5 Å². The molecule has 7 heteroatoms. The topological polar surface area (TPSA) is 76.2 Å². The molecule has 0 atom stereocenters. The minimum Gasteiger partial charge on any atom is -0.477 e. The van der Waals surface area contributed by atoms with Gasteiger partial charge in [-0.3, -0.25) is 0 Å². The van der Waals surface area contributed by atoms with Crippen molar-refractivity contribution in [2.75, 3.05) is 5.73 Å². The van der Waals surface area contributed by atoms with Crippen molar-refractivity contribution in [1.82, 2.24) is 4.98 Å². The van der Waals surface area contributed by atoms with E-state index in [2.05, 4.69) is 4.98 Å². The summed E-state index contributed by atoms with van der Waals surface area (Å²) >= 11 is 4.41. The molecule has 2 heterocycles. The minimum atomic E-state index is -0.871. The highest BCUT2D eigenvalue weighted by Crippen LogP contribution is 2.34. The van der Waals surface area contributed by atoms with Crippen molar-refractivity contribution in [2.45, 2.75) is 16.9 Å². The van der Waals surface area contributed by atoms with E-state index in [1.807, 2.05) is 13.0 Å². The van der Waals surface area contributed by atoms with Crippen LogP contribution in [0.4, 0.5) is 5.13 Å². The van der Waals surface area contributed by atoms with Gasteiger partial charge >= 0.3 is 5.97 Å². The number of carbonyl (C=O) groups is 1. The average molecular weight is 286 g/mol. The molecule has 3 N–H and O–H groups in total. The molecule has 0 aliphatic rings. The van der Waals surface area contributed by atoms with Gasteiger partial charge in [0, 0.05) is 10.6 Å². The Morgan fingerprint density at radius 3 is 2.82 bits per heavy atom. The van der Waals surface area contributed by atoms with Gasteiger partial charge in [-0.05, 0) is 19.1 Å². The number of rotatable bonds is 4. The Labute approximate surface area is 111 Å². The SMILES string of the molecule is Cc1nc(N)sc1SCc1ccc(C(=O)O)s1. The van der Waals surface area contributed by atoms with Crippen LogP contribution in [0.5, 0.6) is 0 Å². The number of carboxylic acid groups (broad SMARTS) is 1. The third kappa shape index (κ3) is 2.99. The van der Waals surface area contributed by atoms with Crippen LogP contribution in [0.25, 0.3) is 0 Å². The highest BCUT2D eigenvalue weighted by atomic mass is 32.2. The Hall–Kier alpha value is -1.05. The smallest absolute Gasteiger partial charge is 0.345 e. The van der Waals surface area contributed by atoms with Crippen molar-refractivity contribution in [3.63, 3.8) is 0 Å². The molecule has 0 radical (unpaired) electrons. The lowest BCUT2D eigenvalue weighted by atomic mass is 10.4. The Bertz CT molecular complexity index is 547. The lowest BCUT2D eigenvalue weighted by Gasteiger charge is -1.95. The maximum Gasteiger partial charge on any atom is 0.345 e. The molecule has 0 bridgehead atoms. The quantitative estimate of drug-likeness (QED) is 0.845. The molecule has 0 aromatic carbocycles. The number of anilines is 1. The van der Waals surface area contributed by atoms with Gasteiger partial charge in [0.1, 0.15) is 4.88 Å². The van der Waals surface area contributed by atoms with E-state index in [1.54, 1.807) is 17.8 Å². The van der Waals surface area contributed by atoms with E-state index in [0.29, 0.717) is 10.0 Å². The predicted molar refractivity (Wildman–Crippen MR) is 72.1 cm³/mol. The molecule has 0 unspecified atom stereocenters. The van der Waals surface area contributed by atoms with Gasteiger partial charge in [0.25, 0.3) is 0 Å². The number of nitrogens with zero attached hydrogens (tertiary/aromatic N) is 1. The summed E-state index contributed by atoms with van der Waals surface area (Å²) in [6, 6.07) is 3.48. The van der Waals surface area contributed by atoms with Crippen molar-refractivity contribution in [3.8, 4) is 0 Å². The molecule has 17 heavy (non-hydrogen) atoms. The Morgan fingerprint density at radius 1 is 1.53 bits per heavy atom. The molecule has 0 spiro atoms.